The number of methoxy groups -OCH3 is 1. The predicted molar refractivity (Wildman–Crippen MR) is 133 cm³/mol. The van der Waals surface area contributed by atoms with Crippen molar-refractivity contribution in [3.63, 3.8) is 0 Å². The summed E-state index contributed by atoms with van der Waals surface area (Å²) in [6.45, 7) is 3.59. The van der Waals surface area contributed by atoms with Crippen molar-refractivity contribution in [1.29, 1.82) is 0 Å². The third kappa shape index (κ3) is 5.05. The molecule has 2 aromatic heterocycles. The van der Waals surface area contributed by atoms with Crippen LogP contribution >= 0.6 is 11.3 Å². The Bertz CT molecular complexity index is 1400. The van der Waals surface area contributed by atoms with Gasteiger partial charge in [0.1, 0.15) is 5.75 Å². The zero-order valence-corrected chi connectivity index (χ0v) is 19.9. The number of hydrogen-bond donors (Lipinski definition) is 0. The maximum absolute atomic E-state index is 12.8. The lowest BCUT2D eigenvalue weighted by molar-refractivity contribution is -0.113. The van der Waals surface area contributed by atoms with Crippen LogP contribution in [-0.4, -0.2) is 31.4 Å². The lowest BCUT2D eigenvalue weighted by Gasteiger charge is -2.18. The number of amides is 1. The Morgan fingerprint density at radius 1 is 1.06 bits per heavy atom. The molecule has 0 unspecified atom stereocenters. The first-order chi connectivity index (χ1) is 16.4. The Morgan fingerprint density at radius 3 is 2.35 bits per heavy atom. The van der Waals surface area contributed by atoms with Crippen LogP contribution in [0.4, 0.5) is 10.8 Å². The molecule has 4 aromatic rings. The molecule has 0 aliphatic rings. The fourth-order valence-electron chi connectivity index (χ4n) is 3.27. The monoisotopic (exact) mass is 491 g/mol. The number of rotatable bonds is 8. The van der Waals surface area contributed by atoms with Crippen molar-refractivity contribution in [2.24, 2.45) is 0 Å². The van der Waals surface area contributed by atoms with Gasteiger partial charge in [-0.05, 0) is 72.3 Å². The smallest absolute Gasteiger partial charge is 0.256 e. The molecule has 0 spiro atoms. The van der Waals surface area contributed by atoms with Crippen molar-refractivity contribution in [2.45, 2.75) is 10.6 Å². The molecule has 0 aliphatic heterocycles. The van der Waals surface area contributed by atoms with Crippen LogP contribution in [0.1, 0.15) is 5.56 Å². The number of hydrogen-bond acceptors (Lipinski definition) is 7. The second-order valence-corrected chi connectivity index (χ2v) is 10.1. The molecule has 0 saturated carbocycles. The van der Waals surface area contributed by atoms with E-state index in [1.54, 1.807) is 43.8 Å². The zero-order chi connectivity index (χ0) is 24.1. The summed E-state index contributed by atoms with van der Waals surface area (Å²) in [7, 11) is -1.96. The van der Waals surface area contributed by atoms with E-state index >= 15 is 0 Å². The highest BCUT2D eigenvalue weighted by Crippen LogP contribution is 2.33. The first-order valence-corrected chi connectivity index (χ1v) is 12.7. The van der Waals surface area contributed by atoms with Gasteiger partial charge in [-0.15, -0.1) is 11.3 Å². The maximum atomic E-state index is 12.8. The molecule has 0 bridgehead atoms. The van der Waals surface area contributed by atoms with Crippen molar-refractivity contribution in [3.8, 4) is 17.0 Å². The van der Waals surface area contributed by atoms with E-state index in [1.807, 2.05) is 29.6 Å². The van der Waals surface area contributed by atoms with Gasteiger partial charge in [-0.3, -0.25) is 14.7 Å². The number of sulfone groups is 1. The quantitative estimate of drug-likeness (QED) is 0.321. The fraction of sp³-hybridized carbons (Fsp3) is 0.0800. The Kier molecular flexibility index (Phi) is 6.85. The summed E-state index contributed by atoms with van der Waals surface area (Å²) >= 11 is 1.30. The van der Waals surface area contributed by atoms with Gasteiger partial charge in [0.2, 0.25) is 0 Å². The summed E-state index contributed by atoms with van der Waals surface area (Å²) in [5.41, 5.74) is 2.73. The summed E-state index contributed by atoms with van der Waals surface area (Å²) in [4.78, 5) is 22.8. The molecular formula is C25H21N3O4S2. The minimum Gasteiger partial charge on any atom is -0.497 e. The topological polar surface area (TPSA) is 89.5 Å². The molecule has 2 aromatic carbocycles. The minimum atomic E-state index is -3.56. The van der Waals surface area contributed by atoms with E-state index in [2.05, 4.69) is 16.5 Å². The molecule has 0 fully saturated rings. The number of carbonyl (C=O) groups excluding carboxylic acids is 1. The third-order valence-corrected chi connectivity index (χ3v) is 7.55. The molecule has 172 valence electrons. The first kappa shape index (κ1) is 23.3. The largest absolute Gasteiger partial charge is 0.497 e. The van der Waals surface area contributed by atoms with Gasteiger partial charge < -0.3 is 4.74 Å². The molecular weight excluding hydrogens is 470 g/mol. The van der Waals surface area contributed by atoms with Crippen molar-refractivity contribution in [3.05, 3.63) is 96.7 Å². The number of carbonyl (C=O) groups is 1. The Balaban J connectivity index is 1.62. The van der Waals surface area contributed by atoms with Crippen molar-refractivity contribution in [1.82, 2.24) is 9.97 Å². The second-order valence-electron chi connectivity index (χ2n) is 7.23. The van der Waals surface area contributed by atoms with Crippen LogP contribution in [0.2, 0.25) is 0 Å². The van der Waals surface area contributed by atoms with E-state index in [9.17, 15) is 13.2 Å². The molecule has 4 rings (SSSR count). The van der Waals surface area contributed by atoms with Gasteiger partial charge in [0.15, 0.2) is 15.0 Å². The number of aromatic nitrogens is 2. The Labute approximate surface area is 201 Å². The van der Waals surface area contributed by atoms with E-state index in [-0.39, 0.29) is 16.6 Å². The number of anilines is 2. The standard InChI is InChI=1S/C25H21N3O4S2/c1-3-24(29)28(25-27-23(16-33-25)19-4-8-21(32-2)9-5-19)20-6-10-22(11-7-20)34(30,31)17-18-12-14-26-15-13-18/h3-16H,1,17H2,2H3. The van der Waals surface area contributed by atoms with Crippen molar-refractivity contribution in [2.75, 3.05) is 12.0 Å². The number of thiazole rings is 1. The number of nitrogens with zero attached hydrogens (tertiary/aromatic N) is 3. The molecule has 2 heterocycles. The van der Waals surface area contributed by atoms with Crippen LogP contribution in [0.5, 0.6) is 5.75 Å². The van der Waals surface area contributed by atoms with Crippen LogP contribution in [0, 0.1) is 0 Å². The van der Waals surface area contributed by atoms with Gasteiger partial charge in [0, 0.05) is 23.3 Å². The average molecular weight is 492 g/mol. The molecule has 9 heteroatoms. The van der Waals surface area contributed by atoms with E-state index < -0.39 is 9.84 Å². The van der Waals surface area contributed by atoms with Crippen molar-refractivity contribution < 1.29 is 17.9 Å². The van der Waals surface area contributed by atoms with Gasteiger partial charge >= 0.3 is 0 Å². The molecule has 34 heavy (non-hydrogen) atoms. The molecule has 0 atom stereocenters. The minimum absolute atomic E-state index is 0.137. The predicted octanol–water partition coefficient (Wildman–Crippen LogP) is 5.04. The van der Waals surface area contributed by atoms with Crippen LogP contribution in [0.25, 0.3) is 11.3 Å². The molecule has 0 saturated heterocycles. The van der Waals surface area contributed by atoms with Crippen molar-refractivity contribution >= 4 is 37.9 Å². The van der Waals surface area contributed by atoms with Gasteiger partial charge in [0.25, 0.3) is 5.91 Å². The molecule has 7 nitrogen and oxygen atoms in total. The van der Waals surface area contributed by atoms with E-state index in [0.717, 1.165) is 11.3 Å². The Hall–Kier alpha value is -3.82. The molecule has 0 aliphatic carbocycles. The van der Waals surface area contributed by atoms with Gasteiger partial charge in [-0.2, -0.15) is 0 Å². The molecule has 0 radical (unpaired) electrons. The average Bonchev–Trinajstić information content (AvgIpc) is 3.34. The summed E-state index contributed by atoms with van der Waals surface area (Å²) < 4.78 is 30.8. The first-order valence-electron chi connectivity index (χ1n) is 10.2. The van der Waals surface area contributed by atoms with E-state index in [4.69, 9.17) is 4.74 Å². The van der Waals surface area contributed by atoms with Crippen LogP contribution in [0.15, 0.2) is 96.0 Å². The highest BCUT2D eigenvalue weighted by Gasteiger charge is 2.21. The SMILES string of the molecule is C=CC(=O)N(c1ccc(S(=O)(=O)Cc2ccncc2)cc1)c1nc(-c2ccc(OC)cc2)cs1. The summed E-state index contributed by atoms with van der Waals surface area (Å²) in [6, 6.07) is 17.0. The molecule has 1 amide bonds. The highest BCUT2D eigenvalue weighted by atomic mass is 32.2. The van der Waals surface area contributed by atoms with Gasteiger partial charge in [0.05, 0.1) is 29.1 Å². The van der Waals surface area contributed by atoms with Gasteiger partial charge in [-0.1, -0.05) is 6.58 Å². The number of benzene rings is 2. The highest BCUT2D eigenvalue weighted by molar-refractivity contribution is 7.90. The normalized spacial score (nSPS) is 11.1. The van der Waals surface area contributed by atoms with Gasteiger partial charge in [-0.25, -0.2) is 13.4 Å². The summed E-state index contributed by atoms with van der Waals surface area (Å²) in [5.74, 6) is 0.228. The summed E-state index contributed by atoms with van der Waals surface area (Å²) in [5, 5.41) is 2.30. The van der Waals surface area contributed by atoms with E-state index in [0.29, 0.717) is 22.1 Å². The Morgan fingerprint density at radius 2 is 1.74 bits per heavy atom. The second kappa shape index (κ2) is 9.98. The number of pyridine rings is 1. The van der Waals surface area contributed by atoms with Crippen LogP contribution < -0.4 is 9.64 Å². The third-order valence-electron chi connectivity index (χ3n) is 5.02. The lowest BCUT2D eigenvalue weighted by Crippen LogP contribution is -2.23. The zero-order valence-electron chi connectivity index (χ0n) is 18.3. The fourth-order valence-corrected chi connectivity index (χ4v) is 5.48. The lowest BCUT2D eigenvalue weighted by atomic mass is 10.2. The maximum Gasteiger partial charge on any atom is 0.256 e. The van der Waals surface area contributed by atoms with Crippen LogP contribution in [-0.2, 0) is 20.4 Å². The summed E-state index contributed by atoms with van der Waals surface area (Å²) in [6.07, 6.45) is 4.31. The molecule has 0 N–H and O–H groups in total. The van der Waals surface area contributed by atoms with Crippen LogP contribution in [0.3, 0.4) is 0 Å². The number of ether oxygens (including phenoxy) is 1. The van der Waals surface area contributed by atoms with E-state index in [1.165, 1.54) is 34.4 Å².